The SMILES string of the molecule is CC1(C)Cc2cnc(N)nc2-c2[nH]nc(C(=O)Nc3ccc(C(=O)N4CCC(N5CCC(F)(F)CC5)CC4)cc3)c21. The number of nitrogen functional groups attached to an aromatic ring is 1. The first-order chi connectivity index (χ1) is 19.5. The summed E-state index contributed by atoms with van der Waals surface area (Å²) < 4.78 is 27.0. The first-order valence-corrected chi connectivity index (χ1v) is 14.0. The van der Waals surface area contributed by atoms with Crippen LogP contribution in [0.25, 0.3) is 11.4 Å². The molecule has 3 aromatic rings. The summed E-state index contributed by atoms with van der Waals surface area (Å²) in [6.45, 7) is 6.10. The molecule has 1 aromatic carbocycles. The van der Waals surface area contributed by atoms with Gasteiger partial charge in [0, 0.05) is 68.1 Å². The van der Waals surface area contributed by atoms with Crippen LogP contribution in [0.1, 0.15) is 71.5 Å². The van der Waals surface area contributed by atoms with Gasteiger partial charge in [-0.05, 0) is 54.5 Å². The molecule has 216 valence electrons. The topological polar surface area (TPSA) is 133 Å². The number of halogens is 2. The Bertz CT molecular complexity index is 1470. The monoisotopic (exact) mass is 564 g/mol. The Morgan fingerprint density at radius 2 is 1.76 bits per heavy atom. The second-order valence-corrected chi connectivity index (χ2v) is 11.9. The van der Waals surface area contributed by atoms with Crippen molar-refractivity contribution in [1.29, 1.82) is 0 Å². The summed E-state index contributed by atoms with van der Waals surface area (Å²) >= 11 is 0. The molecule has 2 fully saturated rings. The van der Waals surface area contributed by atoms with Gasteiger partial charge in [0.15, 0.2) is 5.69 Å². The van der Waals surface area contributed by atoms with Gasteiger partial charge in [0.25, 0.3) is 17.7 Å². The van der Waals surface area contributed by atoms with Crippen molar-refractivity contribution in [2.24, 2.45) is 0 Å². The average molecular weight is 565 g/mol. The van der Waals surface area contributed by atoms with E-state index in [1.54, 1.807) is 30.5 Å². The predicted molar refractivity (Wildman–Crippen MR) is 150 cm³/mol. The van der Waals surface area contributed by atoms with Crippen molar-refractivity contribution in [3.63, 3.8) is 0 Å². The summed E-state index contributed by atoms with van der Waals surface area (Å²) in [6.07, 6.45) is 3.72. The number of aromatic amines is 1. The summed E-state index contributed by atoms with van der Waals surface area (Å²) in [7, 11) is 0. The predicted octanol–water partition coefficient (Wildman–Crippen LogP) is 3.87. The van der Waals surface area contributed by atoms with Crippen LogP contribution in [-0.2, 0) is 11.8 Å². The maximum Gasteiger partial charge on any atom is 0.276 e. The van der Waals surface area contributed by atoms with Gasteiger partial charge in [0.2, 0.25) is 5.95 Å². The largest absolute Gasteiger partial charge is 0.368 e. The molecule has 6 rings (SSSR count). The average Bonchev–Trinajstić information content (AvgIpc) is 3.41. The Morgan fingerprint density at radius 1 is 1.07 bits per heavy atom. The van der Waals surface area contributed by atoms with E-state index in [1.165, 1.54) is 0 Å². The quantitative estimate of drug-likeness (QED) is 0.438. The van der Waals surface area contributed by atoms with Gasteiger partial charge in [0.1, 0.15) is 0 Å². The summed E-state index contributed by atoms with van der Waals surface area (Å²) in [5.41, 5.74) is 9.82. The Balaban J connectivity index is 1.09. The number of aromatic nitrogens is 4. The van der Waals surface area contributed by atoms with Gasteiger partial charge in [-0.15, -0.1) is 0 Å². The Hall–Kier alpha value is -3.93. The third kappa shape index (κ3) is 5.28. The Labute approximate surface area is 236 Å². The number of fused-ring (bicyclic) bond motifs is 3. The van der Waals surface area contributed by atoms with E-state index in [0.29, 0.717) is 55.2 Å². The van der Waals surface area contributed by atoms with Crippen LogP contribution in [-0.4, -0.2) is 79.9 Å². The number of nitrogens with one attached hydrogen (secondary N) is 2. The number of nitrogens with zero attached hydrogens (tertiary/aromatic N) is 5. The molecule has 2 aromatic heterocycles. The minimum absolute atomic E-state index is 0.0745. The van der Waals surface area contributed by atoms with Gasteiger partial charge < -0.3 is 16.0 Å². The zero-order valence-corrected chi connectivity index (χ0v) is 23.2. The van der Waals surface area contributed by atoms with Gasteiger partial charge in [-0.1, -0.05) is 13.8 Å². The number of hydrogen-bond donors (Lipinski definition) is 3. The van der Waals surface area contributed by atoms with E-state index in [4.69, 9.17) is 5.73 Å². The number of carbonyl (C=O) groups excluding carboxylic acids is 2. The number of rotatable bonds is 4. The van der Waals surface area contributed by atoms with Crippen LogP contribution in [0.15, 0.2) is 30.5 Å². The first-order valence-electron chi connectivity index (χ1n) is 14.0. The van der Waals surface area contributed by atoms with Crippen LogP contribution in [0.4, 0.5) is 20.4 Å². The van der Waals surface area contributed by atoms with Gasteiger partial charge in [-0.2, -0.15) is 5.10 Å². The van der Waals surface area contributed by atoms with Gasteiger partial charge in [-0.25, -0.2) is 18.7 Å². The van der Waals surface area contributed by atoms with Gasteiger partial charge in [0.05, 0.1) is 11.4 Å². The van der Waals surface area contributed by atoms with Crippen LogP contribution in [0, 0.1) is 0 Å². The molecular formula is C29H34F2N8O2. The van der Waals surface area contributed by atoms with E-state index in [2.05, 4.69) is 30.4 Å². The highest BCUT2D eigenvalue weighted by Gasteiger charge is 2.39. The minimum Gasteiger partial charge on any atom is -0.368 e. The highest BCUT2D eigenvalue weighted by molar-refractivity contribution is 6.05. The van der Waals surface area contributed by atoms with E-state index in [0.717, 1.165) is 24.0 Å². The third-order valence-electron chi connectivity index (χ3n) is 8.60. The van der Waals surface area contributed by atoms with Crippen molar-refractivity contribution in [3.05, 3.63) is 52.8 Å². The zero-order chi connectivity index (χ0) is 28.9. The molecule has 1 aliphatic carbocycles. The van der Waals surface area contributed by atoms with Crippen molar-refractivity contribution in [3.8, 4) is 11.4 Å². The number of anilines is 2. The van der Waals surface area contributed by atoms with E-state index < -0.39 is 5.92 Å². The molecule has 2 saturated heterocycles. The number of nitrogens with two attached hydrogens (primary N) is 1. The fraction of sp³-hybridized carbons (Fsp3) is 0.483. The van der Waals surface area contributed by atoms with Crippen LogP contribution in [0.3, 0.4) is 0 Å². The molecule has 10 nitrogen and oxygen atoms in total. The number of alkyl halides is 2. The number of carbonyl (C=O) groups is 2. The summed E-state index contributed by atoms with van der Waals surface area (Å²) in [6, 6.07) is 7.06. The highest BCUT2D eigenvalue weighted by Crippen LogP contribution is 2.42. The third-order valence-corrected chi connectivity index (χ3v) is 8.60. The van der Waals surface area contributed by atoms with Crippen LogP contribution < -0.4 is 11.1 Å². The first kappa shape index (κ1) is 27.3. The summed E-state index contributed by atoms with van der Waals surface area (Å²) in [5, 5.41) is 10.2. The van der Waals surface area contributed by atoms with E-state index >= 15 is 0 Å². The lowest BCUT2D eigenvalue weighted by molar-refractivity contribution is -0.0668. The van der Waals surface area contributed by atoms with Crippen molar-refractivity contribution >= 4 is 23.5 Å². The van der Waals surface area contributed by atoms with E-state index in [9.17, 15) is 18.4 Å². The number of piperidine rings is 2. The zero-order valence-electron chi connectivity index (χ0n) is 23.2. The van der Waals surface area contributed by atoms with Crippen LogP contribution >= 0.6 is 0 Å². The second-order valence-electron chi connectivity index (χ2n) is 11.9. The fourth-order valence-corrected chi connectivity index (χ4v) is 6.39. The molecule has 4 N–H and O–H groups in total. The maximum absolute atomic E-state index is 13.5. The van der Waals surface area contributed by atoms with Gasteiger partial charge in [-0.3, -0.25) is 19.6 Å². The van der Waals surface area contributed by atoms with Crippen molar-refractivity contribution in [2.75, 3.05) is 37.2 Å². The number of benzene rings is 1. The molecule has 0 bridgehead atoms. The molecule has 3 aliphatic rings. The maximum atomic E-state index is 13.5. The molecule has 0 atom stereocenters. The number of H-pyrrole nitrogens is 1. The lowest BCUT2D eigenvalue weighted by atomic mass is 9.73. The van der Waals surface area contributed by atoms with Gasteiger partial charge >= 0.3 is 0 Å². The highest BCUT2D eigenvalue weighted by atomic mass is 19.3. The smallest absolute Gasteiger partial charge is 0.276 e. The molecule has 0 unspecified atom stereocenters. The number of amides is 2. The lowest BCUT2D eigenvalue weighted by Gasteiger charge is -2.41. The number of likely N-dealkylation sites (tertiary alicyclic amines) is 2. The van der Waals surface area contributed by atoms with Crippen molar-refractivity contribution in [1.82, 2.24) is 30.0 Å². The second kappa shape index (κ2) is 10.2. The molecule has 0 saturated carbocycles. The van der Waals surface area contributed by atoms with E-state index in [-0.39, 0.29) is 47.8 Å². The number of hydrogen-bond acceptors (Lipinski definition) is 7. The lowest BCUT2D eigenvalue weighted by Crippen LogP contribution is -2.50. The van der Waals surface area contributed by atoms with Crippen molar-refractivity contribution in [2.45, 2.75) is 63.3 Å². The Kier molecular flexibility index (Phi) is 6.75. The normalized spacial score (nSPS) is 20.2. The molecule has 2 amide bonds. The fourth-order valence-electron chi connectivity index (χ4n) is 6.39. The molecule has 12 heteroatoms. The van der Waals surface area contributed by atoms with Crippen LogP contribution in [0.5, 0.6) is 0 Å². The molecule has 4 heterocycles. The molecule has 0 spiro atoms. The molecule has 41 heavy (non-hydrogen) atoms. The molecule has 2 aliphatic heterocycles. The van der Waals surface area contributed by atoms with Crippen molar-refractivity contribution < 1.29 is 18.4 Å². The standard InChI is InChI=1S/C29H34F2N8O2/c1-28(2)15-18-16-33-27(32)35-22(18)23-21(28)24(37-36-23)25(40)34-19-5-3-17(4-6-19)26(41)39-11-7-20(8-12-39)38-13-9-29(30,31)10-14-38/h3-6,16,20H,7-15H2,1-2H3,(H,34,40)(H,36,37)(H2,32,33,35). The van der Waals surface area contributed by atoms with Crippen LogP contribution in [0.2, 0.25) is 0 Å². The molecular weight excluding hydrogens is 530 g/mol. The Morgan fingerprint density at radius 3 is 2.44 bits per heavy atom. The summed E-state index contributed by atoms with van der Waals surface area (Å²) in [4.78, 5) is 38.9. The summed E-state index contributed by atoms with van der Waals surface area (Å²) in [5.74, 6) is -2.83. The van der Waals surface area contributed by atoms with E-state index in [1.807, 2.05) is 18.7 Å². The minimum atomic E-state index is -2.55. The molecule has 0 radical (unpaired) electrons.